The molecule has 0 saturated carbocycles. The van der Waals surface area contributed by atoms with Gasteiger partial charge in [-0.3, -0.25) is 0 Å². The molecule has 0 spiro atoms. The number of rotatable bonds is 6. The fourth-order valence-electron chi connectivity index (χ4n) is 2.48. The number of allylic oxidation sites excluding steroid dienone is 2. The Kier molecular flexibility index (Phi) is 5.82. The van der Waals surface area contributed by atoms with E-state index < -0.39 is 9.28 Å². The minimum absolute atomic E-state index is 0.710. The van der Waals surface area contributed by atoms with Crippen LogP contribution in [0.4, 0.5) is 0 Å². The molecule has 0 N–H and O–H groups in total. The van der Waals surface area contributed by atoms with E-state index in [-0.39, 0.29) is 0 Å². The van der Waals surface area contributed by atoms with Gasteiger partial charge in [0, 0.05) is 18.4 Å². The highest BCUT2D eigenvalue weighted by molar-refractivity contribution is 6.62. The average Bonchev–Trinajstić information content (AvgIpc) is 2.48. The van der Waals surface area contributed by atoms with Crippen molar-refractivity contribution >= 4 is 20.0 Å². The smallest absolute Gasteiger partial charge is 0.390 e. The lowest BCUT2D eigenvalue weighted by Crippen LogP contribution is -2.39. The summed E-state index contributed by atoms with van der Waals surface area (Å²) in [7, 11) is -1.34. The minimum atomic E-state index is -1.34. The van der Waals surface area contributed by atoms with Crippen LogP contribution in [0.25, 0.3) is 5.57 Å². The molecule has 0 bridgehead atoms. The molecule has 3 heteroatoms. The van der Waals surface area contributed by atoms with Crippen LogP contribution in [-0.4, -0.2) is 22.5 Å². The van der Waals surface area contributed by atoms with Crippen molar-refractivity contribution in [2.45, 2.75) is 39.5 Å². The molecule has 103 valence electrons. The molecule has 0 aliphatic heterocycles. The van der Waals surface area contributed by atoms with Gasteiger partial charge in [-0.15, -0.1) is 0 Å². The second-order valence-corrected chi connectivity index (χ2v) is 6.37. The first-order valence-corrected chi connectivity index (χ1v) is 8.59. The maximum absolute atomic E-state index is 5.85. The van der Waals surface area contributed by atoms with Gasteiger partial charge >= 0.3 is 9.28 Å². The van der Waals surface area contributed by atoms with Gasteiger partial charge in [0.15, 0.2) is 0 Å². The van der Waals surface area contributed by atoms with E-state index in [1.54, 1.807) is 0 Å². The second kappa shape index (κ2) is 7.63. The van der Waals surface area contributed by atoms with Gasteiger partial charge in [-0.05, 0) is 50.7 Å². The Balaban J connectivity index is 2.30. The monoisotopic (exact) mass is 275 g/mol. The normalized spacial score (nSPS) is 15.6. The van der Waals surface area contributed by atoms with E-state index in [2.05, 4.69) is 30.3 Å². The maximum Gasteiger partial charge on any atom is 0.424 e. The number of hydrogen-bond donors (Lipinski definition) is 0. The van der Waals surface area contributed by atoms with Crippen LogP contribution in [0.2, 0.25) is 0 Å². The maximum atomic E-state index is 5.85. The van der Waals surface area contributed by atoms with Gasteiger partial charge in [-0.25, -0.2) is 0 Å². The topological polar surface area (TPSA) is 18.5 Å². The van der Waals surface area contributed by atoms with Crippen LogP contribution >= 0.6 is 0 Å². The molecule has 1 radical (unpaired) electrons. The summed E-state index contributed by atoms with van der Waals surface area (Å²) in [4.78, 5) is 0. The van der Waals surface area contributed by atoms with Crippen LogP contribution < -0.4 is 5.19 Å². The summed E-state index contributed by atoms with van der Waals surface area (Å²) in [6.07, 6.45) is 7.39. The highest BCUT2D eigenvalue weighted by Gasteiger charge is 2.23. The molecular weight excluding hydrogens is 252 g/mol. The van der Waals surface area contributed by atoms with Crippen molar-refractivity contribution in [3.05, 3.63) is 35.9 Å². The SMILES string of the molecule is CCO[Si](OCC)c1ccccc1C1=CCCCC1. The summed E-state index contributed by atoms with van der Waals surface area (Å²) in [5, 5.41) is 1.27. The third-order valence-corrected chi connectivity index (χ3v) is 5.31. The molecule has 1 aromatic carbocycles. The Morgan fingerprint density at radius 1 is 1.05 bits per heavy atom. The predicted molar refractivity (Wildman–Crippen MR) is 81.5 cm³/mol. The fourth-order valence-corrected chi connectivity index (χ4v) is 4.10. The lowest BCUT2D eigenvalue weighted by atomic mass is 9.94. The van der Waals surface area contributed by atoms with Crippen molar-refractivity contribution in [3.8, 4) is 0 Å². The molecule has 0 fully saturated rings. The van der Waals surface area contributed by atoms with E-state index in [4.69, 9.17) is 8.85 Å². The molecule has 0 saturated heterocycles. The van der Waals surface area contributed by atoms with E-state index in [9.17, 15) is 0 Å². The summed E-state index contributed by atoms with van der Waals surface area (Å²) in [5.74, 6) is 0. The zero-order chi connectivity index (χ0) is 13.5. The van der Waals surface area contributed by atoms with Gasteiger partial charge in [0.05, 0.1) is 0 Å². The molecule has 0 unspecified atom stereocenters. The standard InChI is InChI=1S/C16H23O2Si/c1-3-17-19(18-4-2)16-13-9-8-12-15(16)14-10-6-5-7-11-14/h8-10,12-13H,3-7,11H2,1-2H3. The molecule has 1 aliphatic rings. The summed E-state index contributed by atoms with van der Waals surface area (Å²) in [6.45, 7) is 5.49. The first-order chi connectivity index (χ1) is 9.36. The van der Waals surface area contributed by atoms with Crippen LogP contribution in [0, 0.1) is 0 Å². The largest absolute Gasteiger partial charge is 0.424 e. The van der Waals surface area contributed by atoms with E-state index in [0.29, 0.717) is 13.2 Å². The Bertz CT molecular complexity index is 423. The van der Waals surface area contributed by atoms with Crippen molar-refractivity contribution in [3.63, 3.8) is 0 Å². The Morgan fingerprint density at radius 2 is 1.79 bits per heavy atom. The third-order valence-electron chi connectivity index (χ3n) is 3.33. The van der Waals surface area contributed by atoms with Gasteiger partial charge in [-0.2, -0.15) is 0 Å². The van der Waals surface area contributed by atoms with Crippen LogP contribution in [0.15, 0.2) is 30.3 Å². The molecule has 0 amide bonds. The van der Waals surface area contributed by atoms with Crippen LogP contribution in [0.1, 0.15) is 45.1 Å². The van der Waals surface area contributed by atoms with Crippen molar-refractivity contribution in [2.24, 2.45) is 0 Å². The molecule has 1 aliphatic carbocycles. The van der Waals surface area contributed by atoms with Gasteiger partial charge in [0.2, 0.25) is 0 Å². The third kappa shape index (κ3) is 3.78. The molecule has 2 nitrogen and oxygen atoms in total. The second-order valence-electron chi connectivity index (χ2n) is 4.67. The van der Waals surface area contributed by atoms with Gasteiger partial charge < -0.3 is 8.85 Å². The summed E-state index contributed by atoms with van der Waals surface area (Å²) in [6, 6.07) is 8.59. The molecule has 1 aromatic rings. The van der Waals surface area contributed by atoms with Gasteiger partial charge in [-0.1, -0.05) is 30.3 Å². The first kappa shape index (κ1) is 14.5. The fraction of sp³-hybridized carbons (Fsp3) is 0.500. The molecule has 0 aromatic heterocycles. The Labute approximate surface area is 118 Å². The van der Waals surface area contributed by atoms with E-state index in [1.807, 2.05) is 13.8 Å². The molecule has 19 heavy (non-hydrogen) atoms. The minimum Gasteiger partial charge on any atom is -0.390 e. The molecular formula is C16H23O2Si. The van der Waals surface area contributed by atoms with Crippen LogP contribution in [-0.2, 0) is 8.85 Å². The van der Waals surface area contributed by atoms with Crippen molar-refractivity contribution in [1.82, 2.24) is 0 Å². The zero-order valence-corrected chi connectivity index (χ0v) is 12.9. The molecule has 0 atom stereocenters. The van der Waals surface area contributed by atoms with Crippen molar-refractivity contribution in [1.29, 1.82) is 0 Å². The number of benzene rings is 1. The van der Waals surface area contributed by atoms with E-state index in [1.165, 1.54) is 42.0 Å². The zero-order valence-electron chi connectivity index (χ0n) is 11.9. The summed E-state index contributed by atoms with van der Waals surface area (Å²) >= 11 is 0. The van der Waals surface area contributed by atoms with E-state index >= 15 is 0 Å². The van der Waals surface area contributed by atoms with Gasteiger partial charge in [0.1, 0.15) is 0 Å². The van der Waals surface area contributed by atoms with Crippen LogP contribution in [0.5, 0.6) is 0 Å². The van der Waals surface area contributed by atoms with E-state index in [0.717, 1.165) is 0 Å². The Morgan fingerprint density at radius 3 is 2.42 bits per heavy atom. The van der Waals surface area contributed by atoms with Crippen molar-refractivity contribution in [2.75, 3.05) is 13.2 Å². The lowest BCUT2D eigenvalue weighted by Gasteiger charge is -2.20. The number of hydrogen-bond acceptors (Lipinski definition) is 2. The molecule has 2 rings (SSSR count). The molecule has 0 heterocycles. The highest BCUT2D eigenvalue weighted by Crippen LogP contribution is 2.25. The lowest BCUT2D eigenvalue weighted by molar-refractivity contribution is 0.225. The summed E-state index contributed by atoms with van der Waals surface area (Å²) in [5.41, 5.74) is 2.82. The van der Waals surface area contributed by atoms with Gasteiger partial charge in [0.25, 0.3) is 0 Å². The Hall–Kier alpha value is -0.903. The predicted octanol–water partition coefficient (Wildman–Crippen LogP) is 3.41. The average molecular weight is 275 g/mol. The first-order valence-electron chi connectivity index (χ1n) is 7.28. The summed E-state index contributed by atoms with van der Waals surface area (Å²) < 4.78 is 11.7. The highest BCUT2D eigenvalue weighted by atomic mass is 28.3. The van der Waals surface area contributed by atoms with Crippen LogP contribution in [0.3, 0.4) is 0 Å². The quantitative estimate of drug-likeness (QED) is 0.741. The van der Waals surface area contributed by atoms with Crippen molar-refractivity contribution < 1.29 is 8.85 Å².